The van der Waals surface area contributed by atoms with E-state index in [9.17, 15) is 5.11 Å². The Morgan fingerprint density at radius 1 is 1.24 bits per heavy atom. The molecule has 0 spiro atoms. The first-order chi connectivity index (χ1) is 10.0. The average Bonchev–Trinajstić information content (AvgIpc) is 2.46. The SMILES string of the molecule is CCOc1cc(CNc2cccc(C)c2C)cc(Br)c1O. The number of hydrogen-bond donors (Lipinski definition) is 2. The number of aryl methyl sites for hydroxylation is 1. The van der Waals surface area contributed by atoms with Gasteiger partial charge in [0, 0.05) is 12.2 Å². The lowest BCUT2D eigenvalue weighted by Gasteiger charge is -2.14. The molecule has 0 saturated heterocycles. The van der Waals surface area contributed by atoms with Gasteiger partial charge in [-0.2, -0.15) is 0 Å². The minimum Gasteiger partial charge on any atom is -0.503 e. The summed E-state index contributed by atoms with van der Waals surface area (Å²) in [5, 5.41) is 13.4. The summed E-state index contributed by atoms with van der Waals surface area (Å²) in [6, 6.07) is 9.98. The van der Waals surface area contributed by atoms with E-state index in [4.69, 9.17) is 4.74 Å². The van der Waals surface area contributed by atoms with Gasteiger partial charge in [0.2, 0.25) is 0 Å². The summed E-state index contributed by atoms with van der Waals surface area (Å²) < 4.78 is 6.09. The number of aromatic hydroxyl groups is 1. The number of phenolic OH excluding ortho intramolecular Hbond substituents is 1. The highest BCUT2D eigenvalue weighted by Crippen LogP contribution is 2.35. The Bertz CT molecular complexity index is 641. The lowest BCUT2D eigenvalue weighted by molar-refractivity contribution is 0.317. The standard InChI is InChI=1S/C17H20BrNO2/c1-4-21-16-9-13(8-14(18)17(16)20)10-19-15-7-5-6-11(2)12(15)3/h5-9,19-20H,4,10H2,1-3H3. The van der Waals surface area contributed by atoms with Crippen LogP contribution < -0.4 is 10.1 Å². The fourth-order valence-electron chi connectivity index (χ4n) is 2.13. The van der Waals surface area contributed by atoms with Crippen molar-refractivity contribution in [2.24, 2.45) is 0 Å². The van der Waals surface area contributed by atoms with Gasteiger partial charge in [-0.15, -0.1) is 0 Å². The molecule has 0 unspecified atom stereocenters. The zero-order valence-electron chi connectivity index (χ0n) is 12.5. The summed E-state index contributed by atoms with van der Waals surface area (Å²) >= 11 is 3.36. The summed E-state index contributed by atoms with van der Waals surface area (Å²) in [5.41, 5.74) is 4.68. The predicted octanol–water partition coefficient (Wildman–Crippen LogP) is 4.78. The van der Waals surface area contributed by atoms with Crippen LogP contribution in [0.4, 0.5) is 5.69 Å². The number of halogens is 1. The monoisotopic (exact) mass is 349 g/mol. The zero-order chi connectivity index (χ0) is 15.4. The maximum Gasteiger partial charge on any atom is 0.172 e. The molecule has 2 aromatic carbocycles. The predicted molar refractivity (Wildman–Crippen MR) is 90.2 cm³/mol. The van der Waals surface area contributed by atoms with Gasteiger partial charge in [0.25, 0.3) is 0 Å². The van der Waals surface area contributed by atoms with Crippen LogP contribution >= 0.6 is 15.9 Å². The first-order valence-electron chi connectivity index (χ1n) is 6.97. The van der Waals surface area contributed by atoms with E-state index in [0.717, 1.165) is 11.3 Å². The fourth-order valence-corrected chi connectivity index (χ4v) is 2.62. The van der Waals surface area contributed by atoms with E-state index in [1.807, 2.05) is 25.1 Å². The zero-order valence-corrected chi connectivity index (χ0v) is 14.1. The van der Waals surface area contributed by atoms with Crippen LogP contribution in [-0.4, -0.2) is 11.7 Å². The summed E-state index contributed by atoms with van der Waals surface area (Å²) in [5.74, 6) is 0.650. The Morgan fingerprint density at radius 2 is 2.00 bits per heavy atom. The third kappa shape index (κ3) is 3.70. The highest BCUT2D eigenvalue weighted by molar-refractivity contribution is 9.10. The van der Waals surface area contributed by atoms with E-state index >= 15 is 0 Å². The van der Waals surface area contributed by atoms with Crippen molar-refractivity contribution in [3.63, 3.8) is 0 Å². The maximum atomic E-state index is 9.93. The van der Waals surface area contributed by atoms with Crippen LogP contribution in [0.25, 0.3) is 0 Å². The van der Waals surface area contributed by atoms with Gasteiger partial charge in [-0.25, -0.2) is 0 Å². The lowest BCUT2D eigenvalue weighted by atomic mass is 10.1. The third-order valence-corrected chi connectivity index (χ3v) is 4.08. The quantitative estimate of drug-likeness (QED) is 0.815. The second kappa shape index (κ2) is 6.85. The molecule has 0 radical (unpaired) electrons. The van der Waals surface area contributed by atoms with E-state index in [1.54, 1.807) is 0 Å². The molecule has 0 aliphatic rings. The Balaban J connectivity index is 2.18. The smallest absolute Gasteiger partial charge is 0.172 e. The molecule has 3 nitrogen and oxygen atoms in total. The Morgan fingerprint density at radius 3 is 2.71 bits per heavy atom. The van der Waals surface area contributed by atoms with Crippen LogP contribution in [0.3, 0.4) is 0 Å². The highest BCUT2D eigenvalue weighted by atomic mass is 79.9. The van der Waals surface area contributed by atoms with Crippen LogP contribution in [0, 0.1) is 13.8 Å². The Hall–Kier alpha value is -1.68. The highest BCUT2D eigenvalue weighted by Gasteiger charge is 2.09. The molecule has 2 aromatic rings. The van der Waals surface area contributed by atoms with Crippen molar-refractivity contribution in [1.82, 2.24) is 0 Å². The van der Waals surface area contributed by atoms with Gasteiger partial charge in [-0.05, 0) is 71.6 Å². The molecule has 0 amide bonds. The topological polar surface area (TPSA) is 41.5 Å². The molecule has 0 saturated carbocycles. The van der Waals surface area contributed by atoms with Gasteiger partial charge in [0.15, 0.2) is 11.5 Å². The second-order valence-corrected chi connectivity index (χ2v) is 5.81. The molecule has 0 aromatic heterocycles. The first kappa shape index (κ1) is 15.7. The number of anilines is 1. The molecule has 2 rings (SSSR count). The number of ether oxygens (including phenoxy) is 1. The van der Waals surface area contributed by atoms with Crippen LogP contribution in [0.5, 0.6) is 11.5 Å². The number of rotatable bonds is 5. The summed E-state index contributed by atoms with van der Waals surface area (Å²) in [4.78, 5) is 0. The van der Waals surface area contributed by atoms with Crippen molar-refractivity contribution < 1.29 is 9.84 Å². The molecule has 0 bridgehead atoms. The second-order valence-electron chi connectivity index (χ2n) is 4.96. The normalized spacial score (nSPS) is 10.5. The molecule has 4 heteroatoms. The van der Waals surface area contributed by atoms with Crippen molar-refractivity contribution in [2.75, 3.05) is 11.9 Å². The van der Waals surface area contributed by atoms with Crippen molar-refractivity contribution in [3.05, 3.63) is 51.5 Å². The molecule has 0 atom stereocenters. The number of phenols is 1. The van der Waals surface area contributed by atoms with Crippen molar-refractivity contribution in [1.29, 1.82) is 0 Å². The van der Waals surface area contributed by atoms with Crippen molar-refractivity contribution >= 4 is 21.6 Å². The maximum absolute atomic E-state index is 9.93. The van der Waals surface area contributed by atoms with E-state index in [0.29, 0.717) is 23.4 Å². The molecule has 0 aliphatic carbocycles. The summed E-state index contributed by atoms with van der Waals surface area (Å²) in [6.07, 6.45) is 0. The van der Waals surface area contributed by atoms with Crippen LogP contribution in [-0.2, 0) is 6.54 Å². The summed E-state index contributed by atoms with van der Waals surface area (Å²) in [6.45, 7) is 7.30. The first-order valence-corrected chi connectivity index (χ1v) is 7.76. The van der Waals surface area contributed by atoms with E-state index in [1.165, 1.54) is 11.1 Å². The fraction of sp³-hybridized carbons (Fsp3) is 0.294. The molecule has 0 aliphatic heterocycles. The molecule has 112 valence electrons. The molecular formula is C17H20BrNO2. The van der Waals surface area contributed by atoms with Gasteiger partial charge in [-0.3, -0.25) is 0 Å². The minimum atomic E-state index is 0.146. The van der Waals surface area contributed by atoms with E-state index in [2.05, 4.69) is 47.2 Å². The molecule has 2 N–H and O–H groups in total. The van der Waals surface area contributed by atoms with Gasteiger partial charge in [0.1, 0.15) is 0 Å². The van der Waals surface area contributed by atoms with E-state index < -0.39 is 0 Å². The number of benzene rings is 2. The summed E-state index contributed by atoms with van der Waals surface area (Å²) in [7, 11) is 0. The van der Waals surface area contributed by atoms with Gasteiger partial charge < -0.3 is 15.2 Å². The molecule has 0 fully saturated rings. The number of nitrogens with one attached hydrogen (secondary N) is 1. The van der Waals surface area contributed by atoms with E-state index in [-0.39, 0.29) is 5.75 Å². The third-order valence-electron chi connectivity index (χ3n) is 3.48. The molecule has 21 heavy (non-hydrogen) atoms. The van der Waals surface area contributed by atoms with Gasteiger partial charge >= 0.3 is 0 Å². The number of hydrogen-bond acceptors (Lipinski definition) is 3. The lowest BCUT2D eigenvalue weighted by Crippen LogP contribution is -2.03. The Labute approximate surface area is 134 Å². The minimum absolute atomic E-state index is 0.146. The van der Waals surface area contributed by atoms with Crippen molar-refractivity contribution in [3.8, 4) is 11.5 Å². The van der Waals surface area contributed by atoms with Crippen LogP contribution in [0.1, 0.15) is 23.6 Å². The Kier molecular flexibility index (Phi) is 5.12. The largest absolute Gasteiger partial charge is 0.503 e. The molecular weight excluding hydrogens is 330 g/mol. The van der Waals surface area contributed by atoms with Crippen molar-refractivity contribution in [2.45, 2.75) is 27.3 Å². The molecule has 0 heterocycles. The van der Waals surface area contributed by atoms with Crippen LogP contribution in [0.2, 0.25) is 0 Å². The van der Waals surface area contributed by atoms with Crippen LogP contribution in [0.15, 0.2) is 34.8 Å². The average molecular weight is 350 g/mol. The van der Waals surface area contributed by atoms with Gasteiger partial charge in [-0.1, -0.05) is 12.1 Å². The van der Waals surface area contributed by atoms with Gasteiger partial charge in [0.05, 0.1) is 11.1 Å².